The number of fused-ring (bicyclic) bond motifs is 1. The van der Waals surface area contributed by atoms with Gasteiger partial charge in [0.15, 0.2) is 11.5 Å². The molecule has 3 aromatic rings. The summed E-state index contributed by atoms with van der Waals surface area (Å²) < 4.78 is 7.86. The van der Waals surface area contributed by atoms with Crippen LogP contribution < -0.4 is 0 Å². The zero-order valence-corrected chi connectivity index (χ0v) is 13.0. The zero-order chi connectivity index (χ0) is 15.0. The highest BCUT2D eigenvalue weighted by molar-refractivity contribution is 5.75. The second-order valence-corrected chi connectivity index (χ2v) is 6.76. The third kappa shape index (κ3) is 2.54. The van der Waals surface area contributed by atoms with E-state index in [0.29, 0.717) is 5.41 Å². The van der Waals surface area contributed by atoms with Gasteiger partial charge in [0, 0.05) is 24.9 Å². The summed E-state index contributed by atoms with van der Waals surface area (Å²) in [6.45, 7) is 2.37. The van der Waals surface area contributed by atoms with E-state index in [2.05, 4.69) is 17.0 Å². The standard InChI is InChI=1S/C18H21N3O/c1-18(8-3-2-4-9-18)13-17-20-15-7-6-14(12-16(15)22-17)21-11-5-10-19-21/h5-7,10-12H,2-4,8-9,13H2,1H3. The number of aromatic nitrogens is 3. The van der Waals surface area contributed by atoms with Gasteiger partial charge in [0.05, 0.1) is 5.69 Å². The van der Waals surface area contributed by atoms with E-state index < -0.39 is 0 Å². The van der Waals surface area contributed by atoms with E-state index in [4.69, 9.17) is 4.42 Å². The fourth-order valence-corrected chi connectivity index (χ4v) is 3.55. The minimum Gasteiger partial charge on any atom is -0.441 e. The summed E-state index contributed by atoms with van der Waals surface area (Å²) in [6.07, 6.45) is 11.3. The first-order valence-corrected chi connectivity index (χ1v) is 8.11. The second-order valence-electron chi connectivity index (χ2n) is 6.76. The largest absolute Gasteiger partial charge is 0.441 e. The van der Waals surface area contributed by atoms with Gasteiger partial charge in [-0.1, -0.05) is 26.2 Å². The summed E-state index contributed by atoms with van der Waals surface area (Å²) in [7, 11) is 0. The molecule has 4 heteroatoms. The quantitative estimate of drug-likeness (QED) is 0.713. The Bertz CT molecular complexity index is 767. The van der Waals surface area contributed by atoms with E-state index in [9.17, 15) is 0 Å². The molecule has 4 nitrogen and oxygen atoms in total. The monoisotopic (exact) mass is 295 g/mol. The third-order valence-corrected chi connectivity index (χ3v) is 4.82. The molecule has 0 saturated heterocycles. The molecule has 0 spiro atoms. The third-order valence-electron chi connectivity index (χ3n) is 4.82. The van der Waals surface area contributed by atoms with Crippen LogP contribution in [0.3, 0.4) is 0 Å². The summed E-state index contributed by atoms with van der Waals surface area (Å²) in [5.41, 5.74) is 3.14. The molecule has 114 valence electrons. The van der Waals surface area contributed by atoms with Crippen LogP contribution in [0.5, 0.6) is 0 Å². The fraction of sp³-hybridized carbons (Fsp3) is 0.444. The second kappa shape index (κ2) is 5.27. The number of nitrogens with zero attached hydrogens (tertiary/aromatic N) is 3. The lowest BCUT2D eigenvalue weighted by atomic mass is 9.73. The maximum absolute atomic E-state index is 6.02. The molecular formula is C18H21N3O. The summed E-state index contributed by atoms with van der Waals surface area (Å²) in [5.74, 6) is 0.872. The predicted octanol–water partition coefficient (Wildman–Crippen LogP) is 4.53. The van der Waals surface area contributed by atoms with Gasteiger partial charge in [-0.25, -0.2) is 9.67 Å². The van der Waals surface area contributed by atoms with Crippen molar-refractivity contribution in [3.63, 3.8) is 0 Å². The van der Waals surface area contributed by atoms with Crippen LogP contribution in [0.2, 0.25) is 0 Å². The fourth-order valence-electron chi connectivity index (χ4n) is 3.55. The first-order chi connectivity index (χ1) is 10.7. The van der Waals surface area contributed by atoms with Crippen molar-refractivity contribution in [2.24, 2.45) is 5.41 Å². The molecule has 0 radical (unpaired) electrons. The van der Waals surface area contributed by atoms with Crippen LogP contribution in [0.1, 0.15) is 44.9 Å². The van der Waals surface area contributed by atoms with Crippen molar-refractivity contribution in [3.05, 3.63) is 42.5 Å². The molecule has 0 atom stereocenters. The zero-order valence-electron chi connectivity index (χ0n) is 13.0. The summed E-state index contributed by atoms with van der Waals surface area (Å²) in [5, 5.41) is 4.26. The summed E-state index contributed by atoms with van der Waals surface area (Å²) in [6, 6.07) is 7.98. The van der Waals surface area contributed by atoms with Gasteiger partial charge in [-0.3, -0.25) is 0 Å². The average Bonchev–Trinajstić information content (AvgIpc) is 3.15. The number of rotatable bonds is 3. The van der Waals surface area contributed by atoms with E-state index in [-0.39, 0.29) is 0 Å². The normalized spacial score (nSPS) is 17.9. The van der Waals surface area contributed by atoms with Gasteiger partial charge >= 0.3 is 0 Å². The molecule has 1 aliphatic rings. The Morgan fingerprint density at radius 2 is 2.09 bits per heavy atom. The molecule has 2 aromatic heterocycles. The molecule has 4 rings (SSSR count). The van der Waals surface area contributed by atoms with Crippen molar-refractivity contribution in [1.29, 1.82) is 0 Å². The van der Waals surface area contributed by atoms with Gasteiger partial charge in [0.2, 0.25) is 0 Å². The van der Waals surface area contributed by atoms with Crippen LogP contribution in [-0.4, -0.2) is 14.8 Å². The molecule has 0 bridgehead atoms. The number of benzene rings is 1. The van der Waals surface area contributed by atoms with Crippen LogP contribution in [0, 0.1) is 5.41 Å². The Hall–Kier alpha value is -2.10. The number of hydrogen-bond acceptors (Lipinski definition) is 3. The van der Waals surface area contributed by atoms with Gasteiger partial charge in [-0.2, -0.15) is 5.10 Å². The summed E-state index contributed by atoms with van der Waals surface area (Å²) >= 11 is 0. The van der Waals surface area contributed by atoms with E-state index in [1.54, 1.807) is 6.20 Å². The highest BCUT2D eigenvalue weighted by Gasteiger charge is 2.29. The van der Waals surface area contributed by atoms with Gasteiger partial charge in [0.1, 0.15) is 5.52 Å². The van der Waals surface area contributed by atoms with Crippen molar-refractivity contribution < 1.29 is 4.42 Å². The van der Waals surface area contributed by atoms with Gasteiger partial charge in [0.25, 0.3) is 0 Å². The van der Waals surface area contributed by atoms with Crippen LogP contribution in [0.15, 0.2) is 41.1 Å². The first-order valence-electron chi connectivity index (χ1n) is 8.11. The highest BCUT2D eigenvalue weighted by Crippen LogP contribution is 2.38. The van der Waals surface area contributed by atoms with Crippen molar-refractivity contribution in [2.45, 2.75) is 45.4 Å². The van der Waals surface area contributed by atoms with Crippen molar-refractivity contribution in [3.8, 4) is 5.69 Å². The minimum absolute atomic E-state index is 0.351. The molecule has 0 aliphatic heterocycles. The van der Waals surface area contributed by atoms with Gasteiger partial charge in [-0.05, 0) is 36.5 Å². The van der Waals surface area contributed by atoms with E-state index >= 15 is 0 Å². The minimum atomic E-state index is 0.351. The lowest BCUT2D eigenvalue weighted by molar-refractivity contribution is 0.200. The lowest BCUT2D eigenvalue weighted by Gasteiger charge is -2.32. The highest BCUT2D eigenvalue weighted by atomic mass is 16.3. The Labute approximate surface area is 130 Å². The Morgan fingerprint density at radius 1 is 1.23 bits per heavy atom. The van der Waals surface area contributed by atoms with Crippen LogP contribution in [0.4, 0.5) is 0 Å². The Morgan fingerprint density at radius 3 is 2.86 bits per heavy atom. The van der Waals surface area contributed by atoms with Crippen LogP contribution in [-0.2, 0) is 6.42 Å². The average molecular weight is 295 g/mol. The Balaban J connectivity index is 1.63. The van der Waals surface area contributed by atoms with E-state index in [1.807, 2.05) is 35.1 Å². The summed E-state index contributed by atoms with van der Waals surface area (Å²) in [4.78, 5) is 4.68. The van der Waals surface area contributed by atoms with Gasteiger partial charge < -0.3 is 4.42 Å². The molecule has 0 unspecified atom stereocenters. The smallest absolute Gasteiger partial charge is 0.196 e. The van der Waals surface area contributed by atoms with Crippen molar-refractivity contribution in [1.82, 2.24) is 14.8 Å². The van der Waals surface area contributed by atoms with Crippen molar-refractivity contribution in [2.75, 3.05) is 0 Å². The topological polar surface area (TPSA) is 43.9 Å². The molecule has 0 amide bonds. The predicted molar refractivity (Wildman–Crippen MR) is 86.0 cm³/mol. The molecule has 1 fully saturated rings. The first kappa shape index (κ1) is 13.6. The molecule has 2 heterocycles. The van der Waals surface area contributed by atoms with Crippen molar-refractivity contribution >= 4 is 11.1 Å². The van der Waals surface area contributed by atoms with Crippen LogP contribution in [0.25, 0.3) is 16.8 Å². The molecule has 0 N–H and O–H groups in total. The Kier molecular flexibility index (Phi) is 3.25. The molecular weight excluding hydrogens is 274 g/mol. The van der Waals surface area contributed by atoms with E-state index in [1.165, 1.54) is 32.1 Å². The maximum Gasteiger partial charge on any atom is 0.196 e. The molecule has 1 saturated carbocycles. The SMILES string of the molecule is CC1(Cc2nc3ccc(-n4cccn4)cc3o2)CCCCC1. The molecule has 1 aromatic carbocycles. The molecule has 22 heavy (non-hydrogen) atoms. The lowest BCUT2D eigenvalue weighted by Crippen LogP contribution is -2.22. The van der Waals surface area contributed by atoms with Crippen LogP contribution >= 0.6 is 0 Å². The van der Waals surface area contributed by atoms with E-state index in [0.717, 1.165) is 29.1 Å². The van der Waals surface area contributed by atoms with Gasteiger partial charge in [-0.15, -0.1) is 0 Å². The number of oxazole rings is 1. The number of hydrogen-bond donors (Lipinski definition) is 0. The maximum atomic E-state index is 6.02. The molecule has 1 aliphatic carbocycles.